The van der Waals surface area contributed by atoms with E-state index < -0.39 is 44.7 Å². The molecule has 0 atom stereocenters. The normalized spacial score (nSPS) is 15.0. The van der Waals surface area contributed by atoms with Crippen LogP contribution >= 0.6 is 23.2 Å². The minimum absolute atomic E-state index is 0.0811. The molecule has 0 saturated heterocycles. The number of carbonyl (C=O) groups excluding carboxylic acids is 4. The van der Waals surface area contributed by atoms with E-state index in [-0.39, 0.29) is 13.2 Å². The molecular weight excluding hydrogens is 359 g/mol. The smallest absolute Gasteiger partial charge is 0.343 e. The van der Waals surface area contributed by atoms with Gasteiger partial charge < -0.3 is 9.47 Å². The molecule has 0 amide bonds. The third-order valence-electron chi connectivity index (χ3n) is 3.16. The monoisotopic (exact) mass is 376 g/mol. The number of unbranched alkanes of at least 4 members (excludes halogenated alkanes) is 2. The number of carbonyl (C=O) groups is 4. The summed E-state index contributed by atoms with van der Waals surface area (Å²) in [6.07, 6.45) is 2.75. The first kappa shape index (κ1) is 20.4. The van der Waals surface area contributed by atoms with E-state index in [9.17, 15) is 19.2 Å². The molecule has 8 heteroatoms. The molecule has 1 aliphatic carbocycles. The molecule has 0 aliphatic heterocycles. The predicted molar refractivity (Wildman–Crippen MR) is 87.5 cm³/mol. The molecule has 0 fully saturated rings. The second-order valence-electron chi connectivity index (χ2n) is 5.02. The van der Waals surface area contributed by atoms with Crippen LogP contribution in [0.15, 0.2) is 21.2 Å². The summed E-state index contributed by atoms with van der Waals surface area (Å²) in [6, 6.07) is 0. The fourth-order valence-corrected chi connectivity index (χ4v) is 2.29. The van der Waals surface area contributed by atoms with E-state index in [2.05, 4.69) is 0 Å². The fourth-order valence-electron chi connectivity index (χ4n) is 1.77. The fraction of sp³-hybridized carbons (Fsp3) is 0.500. The number of esters is 2. The Kier molecular flexibility index (Phi) is 8.15. The standard InChI is InChI=1S/C16H18Cl2O6/c1-3-5-7-23-15(21)9-11(17)14(20)10(12(18)13(9)19)16(22)24-8-6-4-2/h3-8H2,1-2H3. The van der Waals surface area contributed by atoms with E-state index in [1.54, 1.807) is 0 Å². The van der Waals surface area contributed by atoms with Crippen LogP contribution in [0.2, 0.25) is 0 Å². The van der Waals surface area contributed by atoms with Gasteiger partial charge in [-0.15, -0.1) is 0 Å². The van der Waals surface area contributed by atoms with E-state index in [0.717, 1.165) is 12.8 Å². The van der Waals surface area contributed by atoms with Gasteiger partial charge in [0.1, 0.15) is 21.2 Å². The molecule has 0 bridgehead atoms. The summed E-state index contributed by atoms with van der Waals surface area (Å²) in [5, 5.41) is -1.37. The molecule has 0 saturated carbocycles. The van der Waals surface area contributed by atoms with Crippen molar-refractivity contribution in [2.75, 3.05) is 13.2 Å². The Balaban J connectivity index is 3.00. The number of Topliss-reactive ketones (excluding diaryl/α,β-unsaturated/α-hetero) is 2. The summed E-state index contributed by atoms with van der Waals surface area (Å²) in [7, 11) is 0. The number of halogens is 2. The zero-order valence-corrected chi connectivity index (χ0v) is 15.0. The van der Waals surface area contributed by atoms with Crippen molar-refractivity contribution in [3.63, 3.8) is 0 Å². The van der Waals surface area contributed by atoms with Crippen LogP contribution in [0.4, 0.5) is 0 Å². The largest absolute Gasteiger partial charge is 0.462 e. The van der Waals surface area contributed by atoms with Gasteiger partial charge in [-0.05, 0) is 12.8 Å². The summed E-state index contributed by atoms with van der Waals surface area (Å²) in [5.74, 6) is -4.12. The van der Waals surface area contributed by atoms with Crippen molar-refractivity contribution < 1.29 is 28.7 Å². The first-order valence-electron chi connectivity index (χ1n) is 7.59. The van der Waals surface area contributed by atoms with Crippen molar-refractivity contribution in [3.05, 3.63) is 21.2 Å². The Hall–Kier alpha value is -1.66. The maximum Gasteiger partial charge on any atom is 0.343 e. The van der Waals surface area contributed by atoms with Crippen molar-refractivity contribution in [1.29, 1.82) is 0 Å². The molecule has 132 valence electrons. The lowest BCUT2D eigenvalue weighted by Gasteiger charge is -2.16. The number of ketones is 2. The van der Waals surface area contributed by atoms with Gasteiger partial charge in [0, 0.05) is 0 Å². The van der Waals surface area contributed by atoms with Crippen LogP contribution in [0.3, 0.4) is 0 Å². The van der Waals surface area contributed by atoms with Gasteiger partial charge in [0.2, 0.25) is 11.6 Å². The molecule has 0 aromatic heterocycles. The topological polar surface area (TPSA) is 86.7 Å². The molecule has 0 N–H and O–H groups in total. The minimum Gasteiger partial charge on any atom is -0.462 e. The second kappa shape index (κ2) is 9.59. The molecule has 0 aromatic rings. The van der Waals surface area contributed by atoms with Crippen molar-refractivity contribution >= 4 is 46.7 Å². The highest BCUT2D eigenvalue weighted by molar-refractivity contribution is 6.61. The quantitative estimate of drug-likeness (QED) is 0.280. The van der Waals surface area contributed by atoms with Gasteiger partial charge in [0.25, 0.3) is 0 Å². The van der Waals surface area contributed by atoms with Crippen LogP contribution in [0.5, 0.6) is 0 Å². The van der Waals surface area contributed by atoms with Gasteiger partial charge >= 0.3 is 11.9 Å². The van der Waals surface area contributed by atoms with Crippen LogP contribution < -0.4 is 0 Å². The molecule has 1 aliphatic rings. The first-order valence-corrected chi connectivity index (χ1v) is 8.35. The van der Waals surface area contributed by atoms with Gasteiger partial charge in [0.05, 0.1) is 13.2 Å². The highest BCUT2D eigenvalue weighted by Crippen LogP contribution is 2.30. The molecular formula is C16H18Cl2O6. The number of hydrogen-bond donors (Lipinski definition) is 0. The predicted octanol–water partition coefficient (Wildman–Crippen LogP) is 2.81. The number of rotatable bonds is 8. The van der Waals surface area contributed by atoms with Gasteiger partial charge in [-0.25, -0.2) is 9.59 Å². The lowest BCUT2D eigenvalue weighted by Crippen LogP contribution is -2.30. The minimum atomic E-state index is -1.04. The Morgan fingerprint density at radius 2 is 1.12 bits per heavy atom. The average Bonchev–Trinajstić information content (AvgIpc) is 2.54. The van der Waals surface area contributed by atoms with Gasteiger partial charge in [-0.3, -0.25) is 9.59 Å². The lowest BCUT2D eigenvalue weighted by atomic mass is 9.96. The molecule has 1 rings (SSSR count). The molecule has 0 spiro atoms. The van der Waals surface area contributed by atoms with Crippen LogP contribution in [-0.2, 0) is 28.7 Å². The zero-order valence-electron chi connectivity index (χ0n) is 13.4. The Bertz CT molecular complexity index is 564. The Morgan fingerprint density at radius 1 is 0.792 bits per heavy atom. The van der Waals surface area contributed by atoms with Crippen molar-refractivity contribution in [2.45, 2.75) is 39.5 Å². The van der Waals surface area contributed by atoms with Crippen molar-refractivity contribution in [1.82, 2.24) is 0 Å². The third kappa shape index (κ3) is 4.68. The second-order valence-corrected chi connectivity index (χ2v) is 5.77. The van der Waals surface area contributed by atoms with Crippen LogP contribution in [0.1, 0.15) is 39.5 Å². The Morgan fingerprint density at radius 3 is 1.42 bits per heavy atom. The summed E-state index contributed by atoms with van der Waals surface area (Å²) in [5.41, 5.74) is -1.32. The van der Waals surface area contributed by atoms with E-state index in [0.29, 0.717) is 12.8 Å². The number of ether oxygens (including phenoxy) is 2. The highest BCUT2D eigenvalue weighted by atomic mass is 35.5. The third-order valence-corrected chi connectivity index (χ3v) is 3.88. The summed E-state index contributed by atoms with van der Waals surface area (Å²) in [4.78, 5) is 48.3. The lowest BCUT2D eigenvalue weighted by molar-refractivity contribution is -0.143. The van der Waals surface area contributed by atoms with E-state index >= 15 is 0 Å². The molecule has 0 unspecified atom stereocenters. The molecule has 0 heterocycles. The molecule has 24 heavy (non-hydrogen) atoms. The van der Waals surface area contributed by atoms with E-state index in [4.69, 9.17) is 32.7 Å². The summed E-state index contributed by atoms with van der Waals surface area (Å²) < 4.78 is 9.77. The first-order chi connectivity index (χ1) is 11.4. The number of hydrogen-bond acceptors (Lipinski definition) is 6. The van der Waals surface area contributed by atoms with Gasteiger partial charge in [0.15, 0.2) is 0 Å². The van der Waals surface area contributed by atoms with Crippen LogP contribution in [0.25, 0.3) is 0 Å². The van der Waals surface area contributed by atoms with E-state index in [1.807, 2.05) is 13.8 Å². The van der Waals surface area contributed by atoms with Crippen molar-refractivity contribution in [3.8, 4) is 0 Å². The Labute approximate surface area is 149 Å². The van der Waals surface area contributed by atoms with Gasteiger partial charge in [-0.2, -0.15) is 0 Å². The summed E-state index contributed by atoms with van der Waals surface area (Å²) in [6.45, 7) is 3.95. The average molecular weight is 377 g/mol. The van der Waals surface area contributed by atoms with Crippen LogP contribution in [0, 0.1) is 0 Å². The maximum absolute atomic E-state index is 12.2. The zero-order chi connectivity index (χ0) is 18.3. The molecule has 6 nitrogen and oxygen atoms in total. The number of allylic oxidation sites excluding steroid dienone is 2. The van der Waals surface area contributed by atoms with Gasteiger partial charge in [-0.1, -0.05) is 49.9 Å². The maximum atomic E-state index is 12.2. The molecule has 0 aromatic carbocycles. The molecule has 0 radical (unpaired) electrons. The van der Waals surface area contributed by atoms with Crippen LogP contribution in [-0.4, -0.2) is 36.7 Å². The van der Waals surface area contributed by atoms with E-state index in [1.165, 1.54) is 0 Å². The summed E-state index contributed by atoms with van der Waals surface area (Å²) >= 11 is 11.6. The SMILES string of the molecule is CCCCOC(=O)C1=C(Cl)C(=O)C(C(=O)OCCCC)=C(Cl)C1=O. The van der Waals surface area contributed by atoms with Crippen molar-refractivity contribution in [2.24, 2.45) is 0 Å². The highest BCUT2D eigenvalue weighted by Gasteiger charge is 2.40.